The molecule has 0 atom stereocenters. The van der Waals surface area contributed by atoms with Crippen molar-refractivity contribution in [1.29, 1.82) is 0 Å². The monoisotopic (exact) mass is 195 g/mol. The van der Waals surface area contributed by atoms with Crippen molar-refractivity contribution in [2.24, 2.45) is 0 Å². The molecule has 1 heterocycles. The fraction of sp³-hybridized carbons (Fsp3) is 0.727. The van der Waals surface area contributed by atoms with Crippen LogP contribution in [0.4, 0.5) is 0 Å². The topological polar surface area (TPSA) is 29.9 Å². The first kappa shape index (κ1) is 11.2. The van der Waals surface area contributed by atoms with Crippen molar-refractivity contribution in [2.75, 3.05) is 13.6 Å². The largest absolute Gasteiger partial charge is 0.334 e. The molecule has 0 saturated carbocycles. The molecule has 80 valence electrons. The Hall–Kier alpha value is -0.830. The van der Waals surface area contributed by atoms with Crippen LogP contribution in [0.3, 0.4) is 0 Å². The van der Waals surface area contributed by atoms with Gasteiger partial charge in [0.25, 0.3) is 0 Å². The van der Waals surface area contributed by atoms with Gasteiger partial charge in [0.1, 0.15) is 0 Å². The third-order valence-electron chi connectivity index (χ3n) is 2.31. The molecule has 0 saturated heterocycles. The lowest BCUT2D eigenvalue weighted by Crippen LogP contribution is -2.19. The molecule has 1 aromatic rings. The molecule has 3 heteroatoms. The second-order valence-electron chi connectivity index (χ2n) is 4.68. The average Bonchev–Trinajstić information content (AvgIpc) is 2.52. The van der Waals surface area contributed by atoms with E-state index in [1.807, 2.05) is 19.6 Å². The third kappa shape index (κ3) is 2.84. The molecule has 0 aliphatic rings. The molecule has 0 fully saturated rings. The number of nitrogens with one attached hydrogen (secondary N) is 1. The summed E-state index contributed by atoms with van der Waals surface area (Å²) in [5.41, 5.74) is 1.50. The van der Waals surface area contributed by atoms with Gasteiger partial charge < -0.3 is 9.88 Å². The zero-order valence-electron chi connectivity index (χ0n) is 9.67. The van der Waals surface area contributed by atoms with Crippen LogP contribution in [0.25, 0.3) is 0 Å². The van der Waals surface area contributed by atoms with Crippen LogP contribution in [-0.4, -0.2) is 23.1 Å². The molecule has 0 aromatic carbocycles. The van der Waals surface area contributed by atoms with Gasteiger partial charge >= 0.3 is 0 Å². The Morgan fingerprint density at radius 3 is 2.71 bits per heavy atom. The zero-order valence-corrected chi connectivity index (χ0v) is 9.67. The van der Waals surface area contributed by atoms with Gasteiger partial charge in [-0.25, -0.2) is 4.98 Å². The summed E-state index contributed by atoms with van der Waals surface area (Å²) in [6.07, 6.45) is 5.05. The number of aromatic nitrogens is 2. The number of rotatable bonds is 4. The van der Waals surface area contributed by atoms with Gasteiger partial charge in [0.05, 0.1) is 6.33 Å². The summed E-state index contributed by atoms with van der Waals surface area (Å²) in [6.45, 7) is 8.77. The smallest absolute Gasteiger partial charge is 0.0948 e. The van der Waals surface area contributed by atoms with Crippen molar-refractivity contribution in [1.82, 2.24) is 14.9 Å². The maximum absolute atomic E-state index is 4.21. The van der Waals surface area contributed by atoms with Crippen LogP contribution in [0.15, 0.2) is 12.5 Å². The molecule has 14 heavy (non-hydrogen) atoms. The van der Waals surface area contributed by atoms with Gasteiger partial charge in [-0.3, -0.25) is 0 Å². The lowest BCUT2D eigenvalue weighted by Gasteiger charge is -2.20. The van der Waals surface area contributed by atoms with E-state index in [4.69, 9.17) is 0 Å². The zero-order chi connectivity index (χ0) is 10.6. The predicted octanol–water partition coefficient (Wildman–Crippen LogP) is 1.79. The Morgan fingerprint density at radius 2 is 2.14 bits per heavy atom. The molecule has 1 rings (SSSR count). The van der Waals surface area contributed by atoms with E-state index >= 15 is 0 Å². The van der Waals surface area contributed by atoms with Crippen molar-refractivity contribution >= 4 is 0 Å². The summed E-state index contributed by atoms with van der Waals surface area (Å²) in [6, 6.07) is 0. The maximum atomic E-state index is 4.21. The molecule has 0 aliphatic carbocycles. The molecule has 0 radical (unpaired) electrons. The van der Waals surface area contributed by atoms with Crippen LogP contribution in [0, 0.1) is 0 Å². The highest BCUT2D eigenvalue weighted by Gasteiger charge is 2.17. The van der Waals surface area contributed by atoms with E-state index in [1.54, 1.807) is 0 Å². The lowest BCUT2D eigenvalue weighted by molar-refractivity contribution is 0.503. The van der Waals surface area contributed by atoms with Crippen molar-refractivity contribution in [3.05, 3.63) is 18.2 Å². The van der Waals surface area contributed by atoms with E-state index in [-0.39, 0.29) is 5.41 Å². The van der Waals surface area contributed by atoms with Gasteiger partial charge in [0.15, 0.2) is 0 Å². The van der Waals surface area contributed by atoms with Crippen molar-refractivity contribution in [3.63, 3.8) is 0 Å². The highest BCUT2D eigenvalue weighted by atomic mass is 15.1. The van der Waals surface area contributed by atoms with Crippen molar-refractivity contribution in [3.8, 4) is 0 Å². The number of hydrogen-bond donors (Lipinski definition) is 1. The minimum atomic E-state index is 0.191. The average molecular weight is 195 g/mol. The lowest BCUT2D eigenvalue weighted by atomic mass is 9.92. The molecule has 0 spiro atoms. The Bertz CT molecular complexity index is 270. The quantitative estimate of drug-likeness (QED) is 0.742. The standard InChI is InChI=1S/C11H21N3/c1-11(2,3)10-8-13-9-14(10)7-5-6-12-4/h8-9,12H,5-7H2,1-4H3. The summed E-state index contributed by atoms with van der Waals surface area (Å²) < 4.78 is 2.25. The normalized spacial score (nSPS) is 12.0. The summed E-state index contributed by atoms with van der Waals surface area (Å²) in [5, 5.41) is 3.15. The van der Waals surface area contributed by atoms with Gasteiger partial charge in [0, 0.05) is 23.9 Å². The first-order valence-electron chi connectivity index (χ1n) is 5.21. The van der Waals surface area contributed by atoms with Gasteiger partial charge in [-0.15, -0.1) is 0 Å². The molecular weight excluding hydrogens is 174 g/mol. The van der Waals surface area contributed by atoms with Crippen molar-refractivity contribution < 1.29 is 0 Å². The van der Waals surface area contributed by atoms with Crippen LogP contribution in [0.2, 0.25) is 0 Å². The Kier molecular flexibility index (Phi) is 3.69. The van der Waals surface area contributed by atoms with E-state index in [0.29, 0.717) is 0 Å². The summed E-state index contributed by atoms with van der Waals surface area (Å²) in [4.78, 5) is 4.21. The molecule has 0 bridgehead atoms. The Morgan fingerprint density at radius 1 is 1.43 bits per heavy atom. The fourth-order valence-corrected chi connectivity index (χ4v) is 1.55. The summed E-state index contributed by atoms with van der Waals surface area (Å²) in [5.74, 6) is 0. The van der Waals surface area contributed by atoms with E-state index in [0.717, 1.165) is 19.5 Å². The maximum Gasteiger partial charge on any atom is 0.0948 e. The molecule has 0 unspecified atom stereocenters. The van der Waals surface area contributed by atoms with Crippen molar-refractivity contribution in [2.45, 2.75) is 39.2 Å². The number of hydrogen-bond acceptors (Lipinski definition) is 2. The van der Waals surface area contributed by atoms with E-state index in [9.17, 15) is 0 Å². The summed E-state index contributed by atoms with van der Waals surface area (Å²) >= 11 is 0. The molecule has 0 aliphatic heterocycles. The number of aryl methyl sites for hydroxylation is 1. The van der Waals surface area contributed by atoms with Crippen LogP contribution < -0.4 is 5.32 Å². The minimum Gasteiger partial charge on any atom is -0.334 e. The van der Waals surface area contributed by atoms with E-state index in [1.165, 1.54) is 5.69 Å². The molecular formula is C11H21N3. The molecule has 0 amide bonds. The Balaban J connectivity index is 2.63. The SMILES string of the molecule is CNCCCn1cncc1C(C)(C)C. The summed E-state index contributed by atoms with van der Waals surface area (Å²) in [7, 11) is 1.98. The van der Waals surface area contributed by atoms with E-state index in [2.05, 4.69) is 35.6 Å². The molecule has 3 nitrogen and oxygen atoms in total. The van der Waals surface area contributed by atoms with Crippen LogP contribution in [-0.2, 0) is 12.0 Å². The second-order valence-corrected chi connectivity index (χ2v) is 4.68. The van der Waals surface area contributed by atoms with Crippen LogP contribution >= 0.6 is 0 Å². The highest BCUT2D eigenvalue weighted by molar-refractivity contribution is 5.10. The Labute approximate surface area is 86.5 Å². The minimum absolute atomic E-state index is 0.191. The van der Waals surface area contributed by atoms with Crippen LogP contribution in [0.5, 0.6) is 0 Å². The third-order valence-corrected chi connectivity index (χ3v) is 2.31. The fourth-order valence-electron chi connectivity index (χ4n) is 1.55. The number of imidazole rings is 1. The van der Waals surface area contributed by atoms with Gasteiger partial charge in [-0.05, 0) is 20.0 Å². The number of nitrogens with zero attached hydrogens (tertiary/aromatic N) is 2. The van der Waals surface area contributed by atoms with Gasteiger partial charge in [-0.2, -0.15) is 0 Å². The van der Waals surface area contributed by atoms with Gasteiger partial charge in [0.2, 0.25) is 0 Å². The predicted molar refractivity (Wildman–Crippen MR) is 59.5 cm³/mol. The first-order chi connectivity index (χ1) is 6.55. The molecule has 1 aromatic heterocycles. The van der Waals surface area contributed by atoms with Gasteiger partial charge in [-0.1, -0.05) is 20.8 Å². The first-order valence-corrected chi connectivity index (χ1v) is 5.21. The van der Waals surface area contributed by atoms with Crippen LogP contribution in [0.1, 0.15) is 32.9 Å². The molecule has 1 N–H and O–H groups in total. The second kappa shape index (κ2) is 4.60. The highest BCUT2D eigenvalue weighted by Crippen LogP contribution is 2.21. The van der Waals surface area contributed by atoms with E-state index < -0.39 is 0 Å².